The van der Waals surface area contributed by atoms with Gasteiger partial charge in [-0.1, -0.05) is 66.2 Å². The molecule has 250 valence electrons. The molecule has 1 aliphatic rings. The zero-order valence-electron chi connectivity index (χ0n) is 28.4. The maximum absolute atomic E-state index is 11.8. The van der Waals surface area contributed by atoms with Crippen molar-refractivity contribution in [3.63, 3.8) is 0 Å². The van der Waals surface area contributed by atoms with E-state index < -0.39 is 0 Å². The van der Waals surface area contributed by atoms with Gasteiger partial charge in [0.1, 0.15) is 23.1 Å². The van der Waals surface area contributed by atoms with Crippen LogP contribution >= 0.6 is 0 Å². The highest BCUT2D eigenvalue weighted by molar-refractivity contribution is 5.85. The minimum absolute atomic E-state index is 0.0946. The van der Waals surface area contributed by atoms with Gasteiger partial charge in [0.15, 0.2) is 0 Å². The molecule has 1 rings (SSSR count). The van der Waals surface area contributed by atoms with Crippen LogP contribution in [0.2, 0.25) is 0 Å². The van der Waals surface area contributed by atoms with Crippen LogP contribution in [0.5, 0.6) is 0 Å². The summed E-state index contributed by atoms with van der Waals surface area (Å²) in [4.78, 5) is 66.9. The first-order chi connectivity index (χ1) is 20.4. The lowest BCUT2D eigenvalue weighted by molar-refractivity contribution is -0.154. The van der Waals surface area contributed by atoms with Crippen molar-refractivity contribution in [1.82, 2.24) is 0 Å². The number of esters is 2. The standard InChI is InChI=1S/C13H22O3.C11H20O3.C11H20O2/c1-3-4-9-16-13(15)12-8-6-5-7-11(12)10(2)14;1-4-5-6-14-11(13)8-9(2)7-10(3)12;1-3-4-5-8-11(13)9-6-7-10(2)12/h11-12H,3-9H2,1-2H3;9H,4-8H2,1-3H3;3-9H2,1-2H3. The van der Waals surface area contributed by atoms with Gasteiger partial charge in [-0.2, -0.15) is 0 Å². The molecule has 0 amide bonds. The van der Waals surface area contributed by atoms with Crippen molar-refractivity contribution < 1.29 is 38.2 Å². The summed E-state index contributed by atoms with van der Waals surface area (Å²) in [5.74, 6) is 0.236. The van der Waals surface area contributed by atoms with Gasteiger partial charge in [-0.25, -0.2) is 0 Å². The molecule has 43 heavy (non-hydrogen) atoms. The molecule has 0 radical (unpaired) electrons. The number of unbranched alkanes of at least 4 members (excludes halogenated alkanes) is 4. The van der Waals surface area contributed by atoms with E-state index >= 15 is 0 Å². The van der Waals surface area contributed by atoms with E-state index in [2.05, 4.69) is 13.8 Å². The fourth-order valence-electron chi connectivity index (χ4n) is 4.79. The number of Topliss-reactive ketones (excluding diaryl/α,β-unsaturated/α-hetero) is 4. The molecule has 1 saturated carbocycles. The molecule has 3 atom stereocenters. The Morgan fingerprint density at radius 3 is 1.67 bits per heavy atom. The first kappa shape index (κ1) is 42.8. The van der Waals surface area contributed by atoms with Crippen LogP contribution in [0.3, 0.4) is 0 Å². The van der Waals surface area contributed by atoms with E-state index in [4.69, 9.17) is 9.47 Å². The average molecular weight is 611 g/mol. The first-order valence-electron chi connectivity index (χ1n) is 16.7. The highest BCUT2D eigenvalue weighted by atomic mass is 16.5. The van der Waals surface area contributed by atoms with E-state index in [1.807, 2.05) is 13.8 Å². The molecule has 8 heteroatoms. The van der Waals surface area contributed by atoms with Crippen LogP contribution in [0.15, 0.2) is 0 Å². The van der Waals surface area contributed by atoms with Gasteiger partial charge < -0.3 is 19.1 Å². The fraction of sp³-hybridized carbons (Fsp3) is 0.829. The molecule has 0 saturated heterocycles. The zero-order valence-corrected chi connectivity index (χ0v) is 28.4. The summed E-state index contributed by atoms with van der Waals surface area (Å²) in [5, 5.41) is 0. The lowest BCUT2D eigenvalue weighted by Gasteiger charge is -2.27. The summed E-state index contributed by atoms with van der Waals surface area (Å²) >= 11 is 0. The molecule has 0 heterocycles. The summed E-state index contributed by atoms with van der Waals surface area (Å²) in [5.41, 5.74) is 0. The Kier molecular flexibility index (Phi) is 28.2. The highest BCUT2D eigenvalue weighted by Gasteiger charge is 2.34. The predicted molar refractivity (Wildman–Crippen MR) is 171 cm³/mol. The lowest BCUT2D eigenvalue weighted by Crippen LogP contribution is -2.33. The first-order valence-corrected chi connectivity index (χ1v) is 16.7. The molecule has 0 aliphatic heterocycles. The van der Waals surface area contributed by atoms with E-state index in [0.29, 0.717) is 51.1 Å². The Balaban J connectivity index is 0. The second kappa shape index (κ2) is 28.4. The summed E-state index contributed by atoms with van der Waals surface area (Å²) in [7, 11) is 0. The highest BCUT2D eigenvalue weighted by Crippen LogP contribution is 2.31. The van der Waals surface area contributed by atoms with Crippen LogP contribution in [0.1, 0.15) is 158 Å². The maximum Gasteiger partial charge on any atom is 0.309 e. The molecule has 0 spiro atoms. The van der Waals surface area contributed by atoms with Crippen molar-refractivity contribution in [2.75, 3.05) is 13.2 Å². The van der Waals surface area contributed by atoms with Gasteiger partial charge >= 0.3 is 11.9 Å². The van der Waals surface area contributed by atoms with Crippen molar-refractivity contribution in [3.8, 4) is 0 Å². The molecule has 0 bridgehead atoms. The maximum atomic E-state index is 11.8. The van der Waals surface area contributed by atoms with Crippen molar-refractivity contribution in [1.29, 1.82) is 0 Å². The summed E-state index contributed by atoms with van der Waals surface area (Å²) in [6, 6.07) is 0. The Labute approximate surface area is 261 Å². The van der Waals surface area contributed by atoms with E-state index in [-0.39, 0.29) is 47.0 Å². The molecule has 1 fully saturated rings. The minimum atomic E-state index is -0.188. The van der Waals surface area contributed by atoms with Crippen LogP contribution in [-0.2, 0) is 38.2 Å². The summed E-state index contributed by atoms with van der Waals surface area (Å²) in [6.07, 6.45) is 14.3. The van der Waals surface area contributed by atoms with Crippen LogP contribution in [0.25, 0.3) is 0 Å². The van der Waals surface area contributed by atoms with Gasteiger partial charge in [0.05, 0.1) is 19.1 Å². The van der Waals surface area contributed by atoms with E-state index in [9.17, 15) is 28.8 Å². The van der Waals surface area contributed by atoms with Gasteiger partial charge in [0.2, 0.25) is 0 Å². The monoisotopic (exact) mass is 610 g/mol. The second-order valence-corrected chi connectivity index (χ2v) is 12.0. The third-order valence-electron chi connectivity index (χ3n) is 7.29. The van der Waals surface area contributed by atoms with Crippen LogP contribution in [0.4, 0.5) is 0 Å². The van der Waals surface area contributed by atoms with Crippen LogP contribution < -0.4 is 0 Å². The molecule has 0 aromatic heterocycles. The Morgan fingerprint density at radius 1 is 0.628 bits per heavy atom. The second-order valence-electron chi connectivity index (χ2n) is 12.0. The smallest absolute Gasteiger partial charge is 0.309 e. The molecular weight excluding hydrogens is 548 g/mol. The fourth-order valence-corrected chi connectivity index (χ4v) is 4.79. The van der Waals surface area contributed by atoms with Crippen molar-refractivity contribution >= 4 is 35.1 Å². The Hall–Kier alpha value is -2.38. The Morgan fingerprint density at radius 2 is 1.16 bits per heavy atom. The SMILES string of the molecule is CCCCCC(=O)CCCC(C)=O.CCCCOC(=O)C1CCCCC1C(C)=O.CCCCOC(=O)CC(C)CC(C)=O. The molecule has 0 N–H and O–H groups in total. The van der Waals surface area contributed by atoms with Crippen LogP contribution in [0, 0.1) is 17.8 Å². The number of rotatable bonds is 20. The third-order valence-corrected chi connectivity index (χ3v) is 7.29. The average Bonchev–Trinajstić information content (AvgIpc) is 2.93. The lowest BCUT2D eigenvalue weighted by atomic mass is 9.77. The summed E-state index contributed by atoms with van der Waals surface area (Å²) in [6.45, 7) is 13.8. The van der Waals surface area contributed by atoms with Gasteiger partial charge in [0.25, 0.3) is 0 Å². The zero-order chi connectivity index (χ0) is 33.0. The molecule has 3 unspecified atom stereocenters. The quantitative estimate of drug-likeness (QED) is 0.101. The van der Waals surface area contributed by atoms with Crippen molar-refractivity contribution in [2.24, 2.45) is 17.8 Å². The van der Waals surface area contributed by atoms with Crippen molar-refractivity contribution in [2.45, 2.75) is 158 Å². The number of ether oxygens (including phenoxy) is 2. The van der Waals surface area contributed by atoms with Crippen molar-refractivity contribution in [3.05, 3.63) is 0 Å². The van der Waals surface area contributed by atoms with E-state index in [1.165, 1.54) is 0 Å². The topological polar surface area (TPSA) is 121 Å². The molecule has 0 aromatic carbocycles. The normalized spacial score (nSPS) is 16.3. The number of carbonyl (C=O) groups excluding carboxylic acids is 6. The molecule has 8 nitrogen and oxygen atoms in total. The summed E-state index contributed by atoms with van der Waals surface area (Å²) < 4.78 is 10.2. The van der Waals surface area contributed by atoms with Gasteiger partial charge in [-0.3, -0.25) is 19.2 Å². The molecule has 0 aromatic rings. The number of hydrogen-bond donors (Lipinski definition) is 0. The molecule has 1 aliphatic carbocycles. The van der Waals surface area contributed by atoms with Gasteiger partial charge in [0, 0.05) is 38.0 Å². The van der Waals surface area contributed by atoms with Crippen LogP contribution in [-0.4, -0.2) is 48.3 Å². The number of ketones is 4. The largest absolute Gasteiger partial charge is 0.466 e. The van der Waals surface area contributed by atoms with E-state index in [1.54, 1.807) is 20.8 Å². The third kappa shape index (κ3) is 26.9. The van der Waals surface area contributed by atoms with E-state index in [0.717, 1.165) is 77.0 Å². The van der Waals surface area contributed by atoms with Gasteiger partial charge in [-0.05, 0) is 65.2 Å². The predicted octanol–water partition coefficient (Wildman–Crippen LogP) is 7.96. The minimum Gasteiger partial charge on any atom is -0.466 e. The van der Waals surface area contributed by atoms with Gasteiger partial charge in [-0.15, -0.1) is 0 Å². The number of hydrogen-bond acceptors (Lipinski definition) is 8. The Bertz CT molecular complexity index is 804. The molecular formula is C35H62O8. The number of carbonyl (C=O) groups is 6.